The quantitative estimate of drug-likeness (QED) is 0.613. The second kappa shape index (κ2) is 2.21. The molecule has 1 heterocycles. The average Bonchev–Trinajstić information content (AvgIpc) is 2.13. The molecule has 0 spiro atoms. The second-order valence-electron chi connectivity index (χ2n) is 2.62. The molecule has 0 saturated heterocycles. The van der Waals surface area contributed by atoms with Crippen molar-refractivity contribution < 1.29 is 1.43 Å². The van der Waals surface area contributed by atoms with Crippen LogP contribution in [0.5, 0.6) is 0 Å². The van der Waals surface area contributed by atoms with Crippen molar-refractivity contribution in [3.05, 3.63) is 17.5 Å². The first kappa shape index (κ1) is 6.33. The lowest BCUT2D eigenvalue weighted by atomic mass is 10.1. The van der Waals surface area contributed by atoms with Crippen molar-refractivity contribution in [3.8, 4) is 0 Å². The summed E-state index contributed by atoms with van der Waals surface area (Å²) in [7, 11) is 0. The van der Waals surface area contributed by atoms with Gasteiger partial charge in [-0.05, 0) is 18.4 Å². The van der Waals surface area contributed by atoms with E-state index < -0.39 is 0 Å². The van der Waals surface area contributed by atoms with Gasteiger partial charge in [0.05, 0.1) is 6.20 Å². The fraction of sp³-hybridized carbons (Fsp3) is 0.571. The van der Waals surface area contributed by atoms with E-state index in [1.54, 1.807) is 0 Å². The third kappa shape index (κ3) is 1.12. The monoisotopic (exact) mass is 126 g/mol. The highest BCUT2D eigenvalue weighted by molar-refractivity contribution is 5.16. The standard InChI is InChI=1S/C7H12N2.H2/c1-5(2)7-6(3)4-8-9-7;/h4-5H,1-3H3,(H,8,9);1H. The first-order valence-electron chi connectivity index (χ1n) is 3.21. The van der Waals surface area contributed by atoms with Crippen molar-refractivity contribution in [1.29, 1.82) is 0 Å². The van der Waals surface area contributed by atoms with E-state index in [4.69, 9.17) is 0 Å². The molecule has 0 radical (unpaired) electrons. The van der Waals surface area contributed by atoms with Gasteiger partial charge in [0.15, 0.2) is 0 Å². The molecule has 0 aliphatic heterocycles. The van der Waals surface area contributed by atoms with E-state index in [9.17, 15) is 0 Å². The molecule has 1 N–H and O–H groups in total. The molecule has 1 rings (SSSR count). The predicted octanol–water partition coefficient (Wildman–Crippen LogP) is 2.09. The van der Waals surface area contributed by atoms with Crippen molar-refractivity contribution in [3.63, 3.8) is 0 Å². The molecule has 52 valence electrons. The molecule has 9 heavy (non-hydrogen) atoms. The minimum absolute atomic E-state index is 0. The summed E-state index contributed by atoms with van der Waals surface area (Å²) < 4.78 is 0. The summed E-state index contributed by atoms with van der Waals surface area (Å²) >= 11 is 0. The van der Waals surface area contributed by atoms with Gasteiger partial charge in [-0.25, -0.2) is 0 Å². The molecule has 0 fully saturated rings. The van der Waals surface area contributed by atoms with Crippen molar-refractivity contribution in [2.45, 2.75) is 26.7 Å². The number of nitrogens with zero attached hydrogens (tertiary/aromatic N) is 1. The first-order valence-corrected chi connectivity index (χ1v) is 3.21. The number of rotatable bonds is 1. The van der Waals surface area contributed by atoms with Gasteiger partial charge >= 0.3 is 0 Å². The summed E-state index contributed by atoms with van der Waals surface area (Å²) in [5.41, 5.74) is 2.50. The van der Waals surface area contributed by atoms with Crippen LogP contribution in [0.1, 0.15) is 32.4 Å². The number of aromatic nitrogens is 2. The fourth-order valence-corrected chi connectivity index (χ4v) is 0.941. The largest absolute Gasteiger partial charge is 0.282 e. The maximum Gasteiger partial charge on any atom is 0.0519 e. The SMILES string of the molecule is Cc1cn[nH]c1C(C)C.[HH]. The van der Waals surface area contributed by atoms with Crippen LogP contribution < -0.4 is 0 Å². The molecule has 1 aromatic heterocycles. The topological polar surface area (TPSA) is 28.7 Å². The Bertz CT molecular complexity index is 193. The van der Waals surface area contributed by atoms with Gasteiger partial charge in [-0.1, -0.05) is 13.8 Å². The fourth-order valence-electron chi connectivity index (χ4n) is 0.941. The Morgan fingerprint density at radius 1 is 1.67 bits per heavy atom. The van der Waals surface area contributed by atoms with Crippen LogP contribution in [0.15, 0.2) is 6.20 Å². The molecule has 0 unspecified atom stereocenters. The van der Waals surface area contributed by atoms with Crippen LogP contribution in [-0.4, -0.2) is 10.2 Å². The smallest absolute Gasteiger partial charge is 0.0519 e. The lowest BCUT2D eigenvalue weighted by molar-refractivity contribution is 0.804. The normalized spacial score (nSPS) is 10.7. The summed E-state index contributed by atoms with van der Waals surface area (Å²) in [5, 5.41) is 6.87. The van der Waals surface area contributed by atoms with E-state index in [0.29, 0.717) is 5.92 Å². The second-order valence-corrected chi connectivity index (χ2v) is 2.62. The molecule has 0 amide bonds. The number of aryl methyl sites for hydroxylation is 1. The predicted molar refractivity (Wildman–Crippen MR) is 39.5 cm³/mol. The highest BCUT2D eigenvalue weighted by Crippen LogP contribution is 2.13. The molecule has 0 aromatic carbocycles. The number of hydrogen-bond donors (Lipinski definition) is 1. The van der Waals surface area contributed by atoms with Crippen LogP contribution in [0.3, 0.4) is 0 Å². The molecule has 1 aromatic rings. The van der Waals surface area contributed by atoms with Gasteiger partial charge in [-0.2, -0.15) is 5.10 Å². The first-order chi connectivity index (χ1) is 4.22. The van der Waals surface area contributed by atoms with Crippen LogP contribution in [0.25, 0.3) is 0 Å². The Balaban J connectivity index is 0.000000810. The maximum atomic E-state index is 3.92. The Morgan fingerprint density at radius 3 is 2.56 bits per heavy atom. The van der Waals surface area contributed by atoms with Crippen molar-refractivity contribution in [1.82, 2.24) is 10.2 Å². The Labute approximate surface area is 56.8 Å². The van der Waals surface area contributed by atoms with Crippen LogP contribution in [0.4, 0.5) is 0 Å². The minimum Gasteiger partial charge on any atom is -0.282 e. The van der Waals surface area contributed by atoms with Gasteiger partial charge in [0, 0.05) is 7.12 Å². The van der Waals surface area contributed by atoms with E-state index in [-0.39, 0.29) is 1.43 Å². The third-order valence-corrected chi connectivity index (χ3v) is 1.45. The Morgan fingerprint density at radius 2 is 2.33 bits per heavy atom. The summed E-state index contributed by atoms with van der Waals surface area (Å²) in [4.78, 5) is 0. The molecular formula is C7H14N2. The Hall–Kier alpha value is -0.790. The summed E-state index contributed by atoms with van der Waals surface area (Å²) in [5.74, 6) is 0.562. The summed E-state index contributed by atoms with van der Waals surface area (Å²) in [6, 6.07) is 0. The van der Waals surface area contributed by atoms with Crippen molar-refractivity contribution in [2.24, 2.45) is 0 Å². The molecule has 2 heteroatoms. The van der Waals surface area contributed by atoms with Crippen molar-refractivity contribution >= 4 is 0 Å². The van der Waals surface area contributed by atoms with Crippen LogP contribution in [-0.2, 0) is 0 Å². The number of hydrogen-bond acceptors (Lipinski definition) is 1. The Kier molecular flexibility index (Phi) is 1.56. The van der Waals surface area contributed by atoms with Crippen LogP contribution >= 0.6 is 0 Å². The lowest BCUT2D eigenvalue weighted by Crippen LogP contribution is -1.89. The van der Waals surface area contributed by atoms with E-state index >= 15 is 0 Å². The van der Waals surface area contributed by atoms with E-state index in [1.807, 2.05) is 6.20 Å². The van der Waals surface area contributed by atoms with Gasteiger partial charge < -0.3 is 0 Å². The molecular weight excluding hydrogens is 112 g/mol. The lowest BCUT2D eigenvalue weighted by Gasteiger charge is -1.99. The van der Waals surface area contributed by atoms with E-state index in [2.05, 4.69) is 31.0 Å². The molecule has 0 aliphatic carbocycles. The van der Waals surface area contributed by atoms with Gasteiger partial charge in [0.1, 0.15) is 0 Å². The highest BCUT2D eigenvalue weighted by Gasteiger charge is 2.02. The third-order valence-electron chi connectivity index (χ3n) is 1.45. The molecule has 0 saturated carbocycles. The molecule has 2 nitrogen and oxygen atoms in total. The number of nitrogens with one attached hydrogen (secondary N) is 1. The van der Waals surface area contributed by atoms with Gasteiger partial charge in [-0.3, -0.25) is 5.10 Å². The van der Waals surface area contributed by atoms with Crippen LogP contribution in [0, 0.1) is 6.92 Å². The van der Waals surface area contributed by atoms with E-state index in [1.165, 1.54) is 11.3 Å². The molecule has 0 aliphatic rings. The molecule has 0 atom stereocenters. The summed E-state index contributed by atoms with van der Waals surface area (Å²) in [6.45, 7) is 6.37. The number of aromatic amines is 1. The zero-order valence-electron chi connectivity index (χ0n) is 6.10. The maximum absolute atomic E-state index is 3.92. The van der Waals surface area contributed by atoms with Gasteiger partial charge in [-0.15, -0.1) is 0 Å². The molecule has 0 bridgehead atoms. The average molecular weight is 126 g/mol. The van der Waals surface area contributed by atoms with E-state index in [0.717, 1.165) is 0 Å². The zero-order valence-corrected chi connectivity index (χ0v) is 6.10. The zero-order chi connectivity index (χ0) is 6.85. The van der Waals surface area contributed by atoms with Crippen molar-refractivity contribution in [2.75, 3.05) is 0 Å². The van der Waals surface area contributed by atoms with Crippen LogP contribution in [0.2, 0.25) is 0 Å². The minimum atomic E-state index is 0. The number of H-pyrrole nitrogens is 1. The van der Waals surface area contributed by atoms with Gasteiger partial charge in [0.2, 0.25) is 0 Å². The summed E-state index contributed by atoms with van der Waals surface area (Å²) in [6.07, 6.45) is 1.86. The van der Waals surface area contributed by atoms with Gasteiger partial charge in [0.25, 0.3) is 0 Å². The highest BCUT2D eigenvalue weighted by atomic mass is 15.1.